The van der Waals surface area contributed by atoms with Crippen LogP contribution >= 0.6 is 11.6 Å². The van der Waals surface area contributed by atoms with E-state index in [1.165, 1.54) is 12.1 Å². The van der Waals surface area contributed by atoms with Gasteiger partial charge in [-0.15, -0.1) is 0 Å². The molecule has 2 rings (SSSR count). The summed E-state index contributed by atoms with van der Waals surface area (Å²) in [5, 5.41) is 3.66. The van der Waals surface area contributed by atoms with E-state index in [0.29, 0.717) is 5.02 Å². The van der Waals surface area contributed by atoms with E-state index in [-0.39, 0.29) is 5.82 Å². The van der Waals surface area contributed by atoms with Gasteiger partial charge in [0.05, 0.1) is 0 Å². The van der Waals surface area contributed by atoms with E-state index in [1.807, 2.05) is 0 Å². The molecule has 1 nitrogen and oxygen atoms in total. The average molecular weight is 186 g/mol. The first-order chi connectivity index (χ1) is 5.77. The summed E-state index contributed by atoms with van der Waals surface area (Å²) < 4.78 is 12.8. The van der Waals surface area contributed by atoms with Crippen molar-refractivity contribution in [1.29, 1.82) is 0 Å². The number of fused-ring (bicyclic) bond motifs is 1. The van der Waals surface area contributed by atoms with Gasteiger partial charge >= 0.3 is 0 Å². The van der Waals surface area contributed by atoms with Crippen LogP contribution in [0.25, 0.3) is 0 Å². The van der Waals surface area contributed by atoms with Crippen molar-refractivity contribution in [2.45, 2.75) is 12.8 Å². The molecular weight excluding hydrogens is 177 g/mol. The first-order valence-corrected chi connectivity index (χ1v) is 4.37. The molecule has 0 atom stereocenters. The predicted octanol–water partition coefficient (Wildman–Crippen LogP) is 2.84. The maximum Gasteiger partial charge on any atom is 0.126 e. The number of nitrogens with one attached hydrogen (secondary N) is 1. The van der Waals surface area contributed by atoms with Crippen LogP contribution in [0.5, 0.6) is 0 Å². The molecule has 0 saturated carbocycles. The second kappa shape index (κ2) is 2.94. The molecule has 0 fully saturated rings. The van der Waals surface area contributed by atoms with Crippen LogP contribution in [-0.2, 0) is 6.42 Å². The summed E-state index contributed by atoms with van der Waals surface area (Å²) in [4.78, 5) is 0. The van der Waals surface area contributed by atoms with Crippen molar-refractivity contribution in [3.8, 4) is 0 Å². The van der Waals surface area contributed by atoms with E-state index >= 15 is 0 Å². The Morgan fingerprint density at radius 2 is 2.25 bits per heavy atom. The minimum atomic E-state index is -0.270. The molecule has 1 aliphatic heterocycles. The molecule has 0 unspecified atom stereocenters. The molecule has 1 aromatic rings. The SMILES string of the molecule is Fc1cc(Cl)c2c(c1)NCCC2. The van der Waals surface area contributed by atoms with Crippen LogP contribution in [0.4, 0.5) is 10.1 Å². The van der Waals surface area contributed by atoms with Crippen molar-refractivity contribution in [2.24, 2.45) is 0 Å². The first-order valence-electron chi connectivity index (χ1n) is 3.99. The Balaban J connectivity index is 2.53. The van der Waals surface area contributed by atoms with E-state index in [4.69, 9.17) is 11.6 Å². The number of hydrogen-bond donors (Lipinski definition) is 1. The van der Waals surface area contributed by atoms with Gasteiger partial charge in [-0.05, 0) is 30.5 Å². The Morgan fingerprint density at radius 1 is 1.42 bits per heavy atom. The summed E-state index contributed by atoms with van der Waals surface area (Å²) in [6.07, 6.45) is 2.01. The number of benzene rings is 1. The third-order valence-electron chi connectivity index (χ3n) is 2.08. The number of anilines is 1. The quantitative estimate of drug-likeness (QED) is 0.656. The molecule has 0 bridgehead atoms. The smallest absolute Gasteiger partial charge is 0.126 e. The highest BCUT2D eigenvalue weighted by molar-refractivity contribution is 6.31. The van der Waals surface area contributed by atoms with Crippen LogP contribution in [0.1, 0.15) is 12.0 Å². The second-order valence-corrected chi connectivity index (χ2v) is 3.35. The maximum atomic E-state index is 12.8. The molecule has 0 amide bonds. The summed E-state index contributed by atoms with van der Waals surface area (Å²) in [6.45, 7) is 0.910. The third kappa shape index (κ3) is 1.27. The zero-order valence-corrected chi connectivity index (χ0v) is 7.29. The Morgan fingerprint density at radius 3 is 3.08 bits per heavy atom. The van der Waals surface area contributed by atoms with Gasteiger partial charge in [-0.2, -0.15) is 0 Å². The third-order valence-corrected chi connectivity index (χ3v) is 2.42. The molecule has 0 radical (unpaired) electrons. The first kappa shape index (κ1) is 7.87. The summed E-state index contributed by atoms with van der Waals surface area (Å²) in [5.74, 6) is -0.270. The average Bonchev–Trinajstić information content (AvgIpc) is 2.04. The standard InChI is InChI=1S/C9H9ClFN/c10-8-4-6(11)5-9-7(8)2-1-3-12-9/h4-5,12H,1-3H2. The minimum Gasteiger partial charge on any atom is -0.385 e. The fourth-order valence-corrected chi connectivity index (χ4v) is 1.80. The Kier molecular flexibility index (Phi) is 1.93. The van der Waals surface area contributed by atoms with Crippen LogP contribution in [-0.4, -0.2) is 6.54 Å². The van der Waals surface area contributed by atoms with Crippen molar-refractivity contribution in [3.05, 3.63) is 28.5 Å². The summed E-state index contributed by atoms with van der Waals surface area (Å²) in [7, 11) is 0. The Labute approximate surface area is 75.5 Å². The summed E-state index contributed by atoms with van der Waals surface area (Å²) in [6, 6.07) is 2.87. The molecule has 1 heterocycles. The molecular formula is C9H9ClFN. The largest absolute Gasteiger partial charge is 0.385 e. The van der Waals surface area contributed by atoms with Crippen molar-refractivity contribution < 1.29 is 4.39 Å². The lowest BCUT2D eigenvalue weighted by molar-refractivity contribution is 0.626. The van der Waals surface area contributed by atoms with E-state index in [1.54, 1.807) is 0 Å². The van der Waals surface area contributed by atoms with Crippen LogP contribution in [0.3, 0.4) is 0 Å². The van der Waals surface area contributed by atoms with Crippen LogP contribution in [0.2, 0.25) is 5.02 Å². The van der Waals surface area contributed by atoms with E-state index in [2.05, 4.69) is 5.32 Å². The van der Waals surface area contributed by atoms with Gasteiger partial charge in [0, 0.05) is 17.3 Å². The van der Waals surface area contributed by atoms with Crippen molar-refractivity contribution in [1.82, 2.24) is 0 Å². The lowest BCUT2D eigenvalue weighted by Crippen LogP contribution is -2.12. The van der Waals surface area contributed by atoms with Gasteiger partial charge < -0.3 is 5.32 Å². The molecule has 1 N–H and O–H groups in total. The molecule has 0 spiro atoms. The van der Waals surface area contributed by atoms with Gasteiger partial charge in [-0.25, -0.2) is 4.39 Å². The van der Waals surface area contributed by atoms with Gasteiger partial charge in [-0.1, -0.05) is 11.6 Å². The molecule has 1 aliphatic rings. The monoisotopic (exact) mass is 185 g/mol. The predicted molar refractivity (Wildman–Crippen MR) is 48.2 cm³/mol. The zero-order chi connectivity index (χ0) is 8.55. The topological polar surface area (TPSA) is 12.0 Å². The van der Waals surface area contributed by atoms with E-state index < -0.39 is 0 Å². The molecule has 0 aliphatic carbocycles. The Bertz CT molecular complexity index is 312. The highest BCUT2D eigenvalue weighted by atomic mass is 35.5. The molecule has 0 saturated heterocycles. The lowest BCUT2D eigenvalue weighted by Gasteiger charge is -2.18. The molecule has 64 valence electrons. The van der Waals surface area contributed by atoms with Gasteiger partial charge in [0.1, 0.15) is 5.82 Å². The lowest BCUT2D eigenvalue weighted by atomic mass is 10.0. The van der Waals surface area contributed by atoms with Crippen LogP contribution < -0.4 is 5.32 Å². The second-order valence-electron chi connectivity index (χ2n) is 2.94. The molecule has 12 heavy (non-hydrogen) atoms. The molecule has 3 heteroatoms. The van der Waals surface area contributed by atoms with E-state index in [9.17, 15) is 4.39 Å². The van der Waals surface area contributed by atoms with Crippen molar-refractivity contribution >= 4 is 17.3 Å². The number of halogens is 2. The number of rotatable bonds is 0. The fraction of sp³-hybridized carbons (Fsp3) is 0.333. The summed E-state index contributed by atoms with van der Waals surface area (Å²) >= 11 is 5.87. The molecule has 0 aromatic heterocycles. The fourth-order valence-electron chi connectivity index (χ4n) is 1.50. The van der Waals surface area contributed by atoms with Crippen molar-refractivity contribution in [3.63, 3.8) is 0 Å². The normalized spacial score (nSPS) is 15.2. The molecule has 1 aromatic carbocycles. The van der Waals surface area contributed by atoms with Gasteiger partial charge in [0.2, 0.25) is 0 Å². The highest BCUT2D eigenvalue weighted by Gasteiger charge is 2.12. The van der Waals surface area contributed by atoms with E-state index in [0.717, 1.165) is 30.6 Å². The Hall–Kier alpha value is -0.760. The zero-order valence-electron chi connectivity index (χ0n) is 6.53. The summed E-state index contributed by atoms with van der Waals surface area (Å²) in [5.41, 5.74) is 1.90. The van der Waals surface area contributed by atoms with Crippen LogP contribution in [0.15, 0.2) is 12.1 Å². The van der Waals surface area contributed by atoms with Crippen molar-refractivity contribution in [2.75, 3.05) is 11.9 Å². The van der Waals surface area contributed by atoms with Gasteiger partial charge in [-0.3, -0.25) is 0 Å². The minimum absolute atomic E-state index is 0.270. The van der Waals surface area contributed by atoms with Gasteiger partial charge in [0.25, 0.3) is 0 Å². The maximum absolute atomic E-state index is 12.8. The van der Waals surface area contributed by atoms with Gasteiger partial charge in [0.15, 0.2) is 0 Å². The number of hydrogen-bond acceptors (Lipinski definition) is 1. The van der Waals surface area contributed by atoms with Crippen LogP contribution in [0, 0.1) is 5.82 Å². The highest BCUT2D eigenvalue weighted by Crippen LogP contribution is 2.29.